The highest BCUT2D eigenvalue weighted by Gasteiger charge is 2.55. The third kappa shape index (κ3) is 11.6. The van der Waals surface area contributed by atoms with Gasteiger partial charge >= 0.3 is 13.6 Å². The molecule has 2 aromatic heterocycles. The van der Waals surface area contributed by atoms with Crippen molar-refractivity contribution < 1.29 is 37.4 Å². The lowest BCUT2D eigenvalue weighted by molar-refractivity contribution is -0.152. The summed E-state index contributed by atoms with van der Waals surface area (Å²) in [6, 6.07) is 57.6. The molecule has 2 fully saturated rings. The Bertz CT molecular complexity index is 3110. The van der Waals surface area contributed by atoms with Gasteiger partial charge in [-0.05, 0) is 27.8 Å². The number of carbonyl (C=O) groups is 1. The zero-order valence-electron chi connectivity index (χ0n) is 38.6. The Morgan fingerprint density at radius 2 is 1.20 bits per heavy atom. The van der Waals surface area contributed by atoms with Gasteiger partial charge in [-0.3, -0.25) is 23.3 Å². The fraction of sp³-hybridized carbons (Fsp3) is 0.218. The van der Waals surface area contributed by atoms with Gasteiger partial charge in [0.05, 0.1) is 32.4 Å². The highest BCUT2D eigenvalue weighted by Crippen LogP contribution is 2.51. The van der Waals surface area contributed by atoms with Crippen molar-refractivity contribution in [3.05, 3.63) is 232 Å². The fourth-order valence-electron chi connectivity index (χ4n) is 8.55. The molecule has 2 saturated heterocycles. The summed E-state index contributed by atoms with van der Waals surface area (Å²) < 4.78 is 55.4. The highest BCUT2D eigenvalue weighted by molar-refractivity contribution is 7.54. The van der Waals surface area contributed by atoms with Crippen LogP contribution in [0.3, 0.4) is 0 Å². The van der Waals surface area contributed by atoms with E-state index < -0.39 is 56.1 Å². The summed E-state index contributed by atoms with van der Waals surface area (Å²) in [5.74, 6) is -0.608. The quantitative estimate of drug-likeness (QED) is 0.0309. The number of fused-ring (bicyclic) bond motifs is 2. The van der Waals surface area contributed by atoms with Crippen molar-refractivity contribution in [1.82, 2.24) is 24.0 Å². The summed E-state index contributed by atoms with van der Waals surface area (Å²) in [4.78, 5) is 44.7. The van der Waals surface area contributed by atoms with E-state index in [9.17, 15) is 14.2 Å². The Hall–Kier alpha value is -7.36. The first-order chi connectivity index (χ1) is 34.8. The topological polar surface area (TPSA) is 158 Å². The Kier molecular flexibility index (Phi) is 14.8. The van der Waals surface area contributed by atoms with Crippen LogP contribution in [-0.4, -0.2) is 67.4 Å². The second-order valence-corrected chi connectivity index (χ2v) is 19.3. The van der Waals surface area contributed by atoms with Crippen LogP contribution in [-0.2, 0) is 70.2 Å². The second kappa shape index (κ2) is 22.2. The smallest absolute Gasteiger partial charge is 0.342 e. The van der Waals surface area contributed by atoms with Crippen molar-refractivity contribution in [1.29, 1.82) is 0 Å². The molecule has 0 amide bonds. The molecule has 0 N–H and O–H groups in total. The summed E-state index contributed by atoms with van der Waals surface area (Å²) in [6.07, 6.45) is -1.68. The lowest BCUT2D eigenvalue weighted by Gasteiger charge is -2.23. The molecule has 0 spiro atoms. The van der Waals surface area contributed by atoms with Crippen LogP contribution in [0.25, 0.3) is 11.2 Å². The molecule has 6 atom stereocenters. The van der Waals surface area contributed by atoms with Crippen molar-refractivity contribution in [2.75, 3.05) is 12.8 Å². The number of hydrogen-bond donors (Lipinski definition) is 0. The number of rotatable bonds is 20. The van der Waals surface area contributed by atoms with E-state index in [1.807, 2.05) is 158 Å². The molecule has 360 valence electrons. The summed E-state index contributed by atoms with van der Waals surface area (Å²) in [5.41, 5.74) is 5.21. The van der Waals surface area contributed by atoms with Crippen LogP contribution in [0, 0.1) is 0 Å². The Balaban J connectivity index is 0.974. The number of aromatic nitrogens is 4. The van der Waals surface area contributed by atoms with E-state index >= 15 is 0 Å². The molecule has 8 aromatic rings. The van der Waals surface area contributed by atoms with Crippen LogP contribution < -0.4 is 5.56 Å². The summed E-state index contributed by atoms with van der Waals surface area (Å²) in [6.45, 7) is 0.853. The minimum atomic E-state index is -4.20. The van der Waals surface area contributed by atoms with E-state index in [4.69, 9.17) is 38.0 Å². The fourth-order valence-corrected chi connectivity index (χ4v) is 9.94. The molecule has 2 unspecified atom stereocenters. The third-order valence-corrected chi connectivity index (χ3v) is 13.8. The standard InChI is InChI=1S/C55H51N6O9P/c62-47(65-34-43-25-13-4-14-26-43)37-71(64,66-35-44-27-15-5-16-28-44)67-36-46-49-50(70-54(69-49)45-29-17-6-18-30-45)53(68-46)61-39-56-48-51(61)58-55(60(52(48)63)33-42-23-11-3-12-24-42)57-38-59(31-40-19-7-1-8-20-40)32-41-21-9-2-10-22-41/h1-30,38-39,46,49-50,53-54H,31-37H2/b57-38+/t46-,49-,50-,53-,54?,71?/m1/s1. The number of nitrogens with zero attached hydrogens (tertiary/aromatic N) is 6. The molecule has 16 heteroatoms. The van der Waals surface area contributed by atoms with Gasteiger partial charge in [0, 0.05) is 18.7 Å². The lowest BCUT2D eigenvalue weighted by atomic mass is 10.1. The number of benzene rings is 6. The van der Waals surface area contributed by atoms with E-state index in [-0.39, 0.29) is 43.5 Å². The molecule has 0 aliphatic carbocycles. The molecule has 15 nitrogen and oxygen atoms in total. The molecule has 4 heterocycles. The number of carbonyl (C=O) groups excluding carboxylic acids is 1. The summed E-state index contributed by atoms with van der Waals surface area (Å²) >= 11 is 0. The minimum Gasteiger partial charge on any atom is -0.460 e. The van der Waals surface area contributed by atoms with Crippen molar-refractivity contribution in [3.63, 3.8) is 0 Å². The van der Waals surface area contributed by atoms with Crippen LogP contribution in [0.5, 0.6) is 0 Å². The monoisotopic (exact) mass is 970 g/mol. The van der Waals surface area contributed by atoms with Gasteiger partial charge in [0.1, 0.15) is 31.1 Å². The van der Waals surface area contributed by atoms with Gasteiger partial charge in [0.2, 0.25) is 5.95 Å². The molecule has 2 aliphatic heterocycles. The van der Waals surface area contributed by atoms with Crippen molar-refractivity contribution in [3.8, 4) is 0 Å². The van der Waals surface area contributed by atoms with Gasteiger partial charge in [-0.15, -0.1) is 0 Å². The van der Waals surface area contributed by atoms with Crippen LogP contribution >= 0.6 is 7.60 Å². The van der Waals surface area contributed by atoms with Gasteiger partial charge < -0.3 is 32.9 Å². The third-order valence-electron chi connectivity index (χ3n) is 12.1. The van der Waals surface area contributed by atoms with Crippen LogP contribution in [0.15, 0.2) is 198 Å². The zero-order valence-corrected chi connectivity index (χ0v) is 39.5. The molecule has 0 radical (unpaired) electrons. The Morgan fingerprint density at radius 3 is 1.80 bits per heavy atom. The first-order valence-electron chi connectivity index (χ1n) is 23.3. The zero-order chi connectivity index (χ0) is 48.4. The van der Waals surface area contributed by atoms with Gasteiger partial charge in [-0.1, -0.05) is 182 Å². The lowest BCUT2D eigenvalue weighted by Crippen LogP contribution is -2.32. The predicted octanol–water partition coefficient (Wildman–Crippen LogP) is 9.55. The highest BCUT2D eigenvalue weighted by atomic mass is 31.2. The minimum absolute atomic E-state index is 0.0154. The van der Waals surface area contributed by atoms with Gasteiger partial charge in [-0.2, -0.15) is 4.98 Å². The Morgan fingerprint density at radius 1 is 0.662 bits per heavy atom. The first kappa shape index (κ1) is 47.3. The van der Waals surface area contributed by atoms with Crippen LogP contribution in [0.2, 0.25) is 0 Å². The van der Waals surface area contributed by atoms with Crippen LogP contribution in [0.4, 0.5) is 5.95 Å². The second-order valence-electron chi connectivity index (χ2n) is 17.2. The number of esters is 1. The van der Waals surface area contributed by atoms with E-state index in [0.29, 0.717) is 13.1 Å². The molecule has 0 saturated carbocycles. The van der Waals surface area contributed by atoms with E-state index in [1.54, 1.807) is 10.9 Å². The summed E-state index contributed by atoms with van der Waals surface area (Å²) in [7, 11) is -4.20. The SMILES string of the molecule is O=C(CP(=O)(OCc1ccccc1)OC[C@H]1O[C@@H](n2cnc3c(=O)n(Cc4ccccc4)c(/N=C/N(Cc4ccccc4)Cc4ccccc4)nc32)[C@@H]2OC(c3ccccc3)O[C@@H]21)OCc1ccccc1. The average Bonchev–Trinajstić information content (AvgIpc) is 4.14. The normalized spacial score (nSPS) is 19.4. The van der Waals surface area contributed by atoms with Gasteiger partial charge in [-0.25, -0.2) is 9.98 Å². The summed E-state index contributed by atoms with van der Waals surface area (Å²) in [5, 5.41) is 0. The number of aliphatic imine (C=N–C) groups is 1. The van der Waals surface area contributed by atoms with Gasteiger partial charge in [0.15, 0.2) is 23.7 Å². The number of hydrogen-bond acceptors (Lipinski definition) is 12. The number of ether oxygens (including phenoxy) is 4. The first-order valence-corrected chi connectivity index (χ1v) is 25.1. The predicted molar refractivity (Wildman–Crippen MR) is 266 cm³/mol. The van der Waals surface area contributed by atoms with Gasteiger partial charge in [0.25, 0.3) is 5.56 Å². The molecule has 10 rings (SSSR count). The average molecular weight is 971 g/mol. The maximum Gasteiger partial charge on any atom is 0.342 e. The number of imidazole rings is 1. The maximum atomic E-state index is 14.7. The molecule has 71 heavy (non-hydrogen) atoms. The Labute approximate surface area is 410 Å². The van der Waals surface area contributed by atoms with E-state index in [0.717, 1.165) is 33.4 Å². The molecule has 2 aliphatic rings. The molecule has 0 bridgehead atoms. The van der Waals surface area contributed by atoms with Crippen molar-refractivity contribution in [2.45, 2.75) is 63.7 Å². The van der Waals surface area contributed by atoms with Crippen molar-refractivity contribution in [2.24, 2.45) is 4.99 Å². The van der Waals surface area contributed by atoms with E-state index in [2.05, 4.69) is 34.1 Å². The largest absolute Gasteiger partial charge is 0.460 e. The van der Waals surface area contributed by atoms with Crippen molar-refractivity contribution >= 4 is 37.0 Å². The molecular weight excluding hydrogens is 920 g/mol. The van der Waals surface area contributed by atoms with Crippen LogP contribution in [0.1, 0.15) is 45.9 Å². The van der Waals surface area contributed by atoms with E-state index in [1.165, 1.54) is 10.9 Å². The maximum absolute atomic E-state index is 14.7. The molecular formula is C55H51N6O9P. The molecule has 6 aromatic carbocycles.